The van der Waals surface area contributed by atoms with Gasteiger partial charge in [0, 0.05) is 23.9 Å². The Balaban J connectivity index is 1.59. The van der Waals surface area contributed by atoms with Crippen LogP contribution in [-0.4, -0.2) is 18.1 Å². The molecule has 3 aromatic rings. The third kappa shape index (κ3) is 2.70. The molecule has 0 saturated heterocycles. The SMILES string of the molecule is c1ccc(Cc2nc(-c3ccc4c(c3)NCCO4)cs2)cc1. The van der Waals surface area contributed by atoms with Gasteiger partial charge in [0.1, 0.15) is 12.4 Å². The van der Waals surface area contributed by atoms with Crippen LogP contribution in [0.4, 0.5) is 5.69 Å². The van der Waals surface area contributed by atoms with E-state index in [0.717, 1.165) is 47.3 Å². The first-order valence-corrected chi connectivity index (χ1v) is 8.26. The molecular weight excluding hydrogens is 292 g/mol. The second kappa shape index (κ2) is 5.81. The van der Waals surface area contributed by atoms with Gasteiger partial charge in [-0.3, -0.25) is 0 Å². The Morgan fingerprint density at radius 1 is 1.14 bits per heavy atom. The molecule has 4 heteroatoms. The van der Waals surface area contributed by atoms with E-state index in [2.05, 4.69) is 47.1 Å². The largest absolute Gasteiger partial charge is 0.490 e. The molecule has 0 aliphatic carbocycles. The van der Waals surface area contributed by atoms with Crippen molar-refractivity contribution in [1.29, 1.82) is 0 Å². The average Bonchev–Trinajstić information content (AvgIpc) is 3.04. The van der Waals surface area contributed by atoms with Gasteiger partial charge in [-0.1, -0.05) is 30.3 Å². The summed E-state index contributed by atoms with van der Waals surface area (Å²) in [6.07, 6.45) is 0.887. The quantitative estimate of drug-likeness (QED) is 0.787. The first-order valence-electron chi connectivity index (χ1n) is 7.38. The summed E-state index contributed by atoms with van der Waals surface area (Å²) >= 11 is 1.71. The summed E-state index contributed by atoms with van der Waals surface area (Å²) in [6, 6.07) is 16.7. The molecule has 0 spiro atoms. The van der Waals surface area contributed by atoms with Crippen LogP contribution in [0.5, 0.6) is 5.75 Å². The molecular formula is C18H16N2OS. The Morgan fingerprint density at radius 3 is 2.95 bits per heavy atom. The lowest BCUT2D eigenvalue weighted by Gasteiger charge is -2.19. The van der Waals surface area contributed by atoms with Crippen molar-refractivity contribution in [2.24, 2.45) is 0 Å². The summed E-state index contributed by atoms with van der Waals surface area (Å²) in [5.41, 5.74) is 4.52. The Hall–Kier alpha value is -2.33. The number of thiazole rings is 1. The van der Waals surface area contributed by atoms with E-state index in [-0.39, 0.29) is 0 Å². The highest BCUT2D eigenvalue weighted by atomic mass is 32.1. The molecule has 1 aliphatic rings. The van der Waals surface area contributed by atoms with Crippen molar-refractivity contribution in [3.8, 4) is 17.0 Å². The number of hydrogen-bond donors (Lipinski definition) is 1. The molecule has 0 amide bonds. The minimum Gasteiger partial charge on any atom is -0.490 e. The van der Waals surface area contributed by atoms with E-state index in [1.807, 2.05) is 12.1 Å². The molecule has 0 atom stereocenters. The predicted molar refractivity (Wildman–Crippen MR) is 90.8 cm³/mol. The molecule has 1 aliphatic heterocycles. The third-order valence-electron chi connectivity index (χ3n) is 3.70. The summed E-state index contributed by atoms with van der Waals surface area (Å²) < 4.78 is 5.62. The van der Waals surface area contributed by atoms with Gasteiger partial charge in [-0.05, 0) is 23.8 Å². The van der Waals surface area contributed by atoms with Crippen LogP contribution in [0, 0.1) is 0 Å². The van der Waals surface area contributed by atoms with Gasteiger partial charge in [0.15, 0.2) is 0 Å². The lowest BCUT2D eigenvalue weighted by atomic mass is 10.1. The van der Waals surface area contributed by atoms with Crippen LogP contribution >= 0.6 is 11.3 Å². The number of nitrogens with zero attached hydrogens (tertiary/aromatic N) is 1. The predicted octanol–water partition coefficient (Wildman–Crippen LogP) is 4.21. The number of nitrogens with one attached hydrogen (secondary N) is 1. The van der Waals surface area contributed by atoms with Crippen LogP contribution in [0.25, 0.3) is 11.3 Å². The van der Waals surface area contributed by atoms with Crippen LogP contribution in [0.3, 0.4) is 0 Å². The summed E-state index contributed by atoms with van der Waals surface area (Å²) in [4.78, 5) is 4.77. The summed E-state index contributed by atoms with van der Waals surface area (Å²) in [7, 11) is 0. The van der Waals surface area contributed by atoms with Crippen molar-refractivity contribution in [3.63, 3.8) is 0 Å². The standard InChI is InChI=1S/C18H16N2OS/c1-2-4-13(5-3-1)10-18-20-16(12-22-18)14-6-7-17-15(11-14)19-8-9-21-17/h1-7,11-12,19H,8-10H2. The second-order valence-corrected chi connectivity index (χ2v) is 6.22. The zero-order chi connectivity index (χ0) is 14.8. The first kappa shape index (κ1) is 13.3. The molecule has 2 aromatic carbocycles. The van der Waals surface area contributed by atoms with Crippen molar-refractivity contribution in [1.82, 2.24) is 4.98 Å². The maximum absolute atomic E-state index is 5.62. The normalized spacial score (nSPS) is 13.1. The zero-order valence-electron chi connectivity index (χ0n) is 12.1. The molecule has 3 nitrogen and oxygen atoms in total. The molecule has 22 heavy (non-hydrogen) atoms. The van der Waals surface area contributed by atoms with E-state index in [9.17, 15) is 0 Å². The van der Waals surface area contributed by atoms with E-state index in [1.54, 1.807) is 11.3 Å². The number of hydrogen-bond acceptors (Lipinski definition) is 4. The van der Waals surface area contributed by atoms with Crippen LogP contribution in [0.1, 0.15) is 10.6 Å². The Morgan fingerprint density at radius 2 is 2.05 bits per heavy atom. The van der Waals surface area contributed by atoms with Crippen LogP contribution in [0.15, 0.2) is 53.9 Å². The molecule has 1 aromatic heterocycles. The van der Waals surface area contributed by atoms with Gasteiger partial charge in [0.2, 0.25) is 0 Å². The smallest absolute Gasteiger partial charge is 0.142 e. The van der Waals surface area contributed by atoms with Gasteiger partial charge < -0.3 is 10.1 Å². The van der Waals surface area contributed by atoms with Gasteiger partial charge in [-0.2, -0.15) is 0 Å². The number of fused-ring (bicyclic) bond motifs is 1. The number of ether oxygens (including phenoxy) is 1. The van der Waals surface area contributed by atoms with Crippen molar-refractivity contribution < 1.29 is 4.74 Å². The highest BCUT2D eigenvalue weighted by Gasteiger charge is 2.12. The molecule has 110 valence electrons. The topological polar surface area (TPSA) is 34.2 Å². The highest BCUT2D eigenvalue weighted by Crippen LogP contribution is 2.33. The number of benzene rings is 2. The summed E-state index contributed by atoms with van der Waals surface area (Å²) in [5.74, 6) is 0.926. The van der Waals surface area contributed by atoms with Crippen molar-refractivity contribution in [2.45, 2.75) is 6.42 Å². The van der Waals surface area contributed by atoms with Crippen LogP contribution < -0.4 is 10.1 Å². The molecule has 1 N–H and O–H groups in total. The number of anilines is 1. The average molecular weight is 308 g/mol. The van der Waals surface area contributed by atoms with Crippen LogP contribution in [-0.2, 0) is 6.42 Å². The van der Waals surface area contributed by atoms with Gasteiger partial charge in [0.05, 0.1) is 16.4 Å². The zero-order valence-corrected chi connectivity index (χ0v) is 12.9. The highest BCUT2D eigenvalue weighted by molar-refractivity contribution is 7.10. The number of aromatic nitrogens is 1. The fourth-order valence-corrected chi connectivity index (χ4v) is 3.43. The Bertz CT molecular complexity index is 783. The minimum absolute atomic E-state index is 0.726. The minimum atomic E-state index is 0.726. The second-order valence-electron chi connectivity index (χ2n) is 5.28. The Kier molecular flexibility index (Phi) is 3.52. The van der Waals surface area contributed by atoms with E-state index in [1.165, 1.54) is 5.56 Å². The lowest BCUT2D eigenvalue weighted by molar-refractivity contribution is 0.323. The van der Waals surface area contributed by atoms with Crippen molar-refractivity contribution in [2.75, 3.05) is 18.5 Å². The number of rotatable bonds is 3. The van der Waals surface area contributed by atoms with Gasteiger partial charge >= 0.3 is 0 Å². The van der Waals surface area contributed by atoms with Crippen molar-refractivity contribution >= 4 is 17.0 Å². The molecule has 0 fully saturated rings. The van der Waals surface area contributed by atoms with Gasteiger partial charge in [-0.25, -0.2) is 4.98 Å². The Labute approximate surface area is 133 Å². The molecule has 0 radical (unpaired) electrons. The third-order valence-corrected chi connectivity index (χ3v) is 4.55. The fourth-order valence-electron chi connectivity index (χ4n) is 2.60. The molecule has 0 unspecified atom stereocenters. The van der Waals surface area contributed by atoms with Gasteiger partial charge in [-0.15, -0.1) is 11.3 Å². The van der Waals surface area contributed by atoms with E-state index in [0.29, 0.717) is 0 Å². The summed E-state index contributed by atoms with van der Waals surface area (Å²) in [5, 5.41) is 6.64. The molecule has 4 rings (SSSR count). The summed E-state index contributed by atoms with van der Waals surface area (Å²) in [6.45, 7) is 1.58. The molecule has 2 heterocycles. The fraction of sp³-hybridized carbons (Fsp3) is 0.167. The van der Waals surface area contributed by atoms with Crippen LogP contribution in [0.2, 0.25) is 0 Å². The van der Waals surface area contributed by atoms with E-state index >= 15 is 0 Å². The molecule has 0 bridgehead atoms. The van der Waals surface area contributed by atoms with Crippen molar-refractivity contribution in [3.05, 3.63) is 64.5 Å². The van der Waals surface area contributed by atoms with Gasteiger partial charge in [0.25, 0.3) is 0 Å². The molecule has 0 saturated carbocycles. The lowest BCUT2D eigenvalue weighted by Crippen LogP contribution is -2.17. The monoisotopic (exact) mass is 308 g/mol. The maximum Gasteiger partial charge on any atom is 0.142 e. The maximum atomic E-state index is 5.62. The first-order chi connectivity index (χ1) is 10.9. The van der Waals surface area contributed by atoms with E-state index < -0.39 is 0 Å². The van der Waals surface area contributed by atoms with E-state index in [4.69, 9.17) is 9.72 Å².